The van der Waals surface area contributed by atoms with E-state index in [9.17, 15) is 13.2 Å². The molecule has 2 aromatic carbocycles. The molecule has 1 heterocycles. The van der Waals surface area contributed by atoms with Crippen LogP contribution in [0.25, 0.3) is 0 Å². The second-order valence-electron chi connectivity index (χ2n) is 7.40. The summed E-state index contributed by atoms with van der Waals surface area (Å²) in [5.41, 5.74) is 0.866. The summed E-state index contributed by atoms with van der Waals surface area (Å²) in [4.78, 5) is 13.1. The molecule has 0 radical (unpaired) electrons. The van der Waals surface area contributed by atoms with Crippen LogP contribution in [0, 0.1) is 5.92 Å². The van der Waals surface area contributed by atoms with Gasteiger partial charge in [0.15, 0.2) is 0 Å². The first kappa shape index (κ1) is 23.5. The standard InChI is InChI=1S/C22H27ClN2O5S/c1-29-12-4-11-24-22(26)21-15-25(31(27,28)19-9-7-17(23)8-10-19)14-20(21)16-5-3-6-18(13-16)30-2/h3,5-10,13,20-21H,4,11-12,14-15H2,1-2H3,(H,24,26). The van der Waals surface area contributed by atoms with E-state index in [2.05, 4.69) is 5.32 Å². The molecule has 2 atom stereocenters. The molecule has 2 aromatic rings. The molecule has 2 unspecified atom stereocenters. The summed E-state index contributed by atoms with van der Waals surface area (Å²) >= 11 is 5.91. The Kier molecular flexibility index (Phi) is 7.94. The number of carbonyl (C=O) groups is 1. The number of carbonyl (C=O) groups excluding carboxylic acids is 1. The minimum Gasteiger partial charge on any atom is -0.497 e. The highest BCUT2D eigenvalue weighted by atomic mass is 35.5. The lowest BCUT2D eigenvalue weighted by Gasteiger charge is -2.19. The Bertz CT molecular complexity index is 997. The lowest BCUT2D eigenvalue weighted by atomic mass is 9.88. The van der Waals surface area contributed by atoms with Gasteiger partial charge in [0.1, 0.15) is 5.75 Å². The van der Waals surface area contributed by atoms with Gasteiger partial charge in [-0.2, -0.15) is 4.31 Å². The quantitative estimate of drug-likeness (QED) is 0.574. The molecule has 0 saturated carbocycles. The van der Waals surface area contributed by atoms with Crippen LogP contribution in [-0.2, 0) is 19.6 Å². The number of nitrogens with zero attached hydrogens (tertiary/aromatic N) is 1. The van der Waals surface area contributed by atoms with Crippen LogP contribution in [0.15, 0.2) is 53.4 Å². The van der Waals surface area contributed by atoms with Gasteiger partial charge in [-0.05, 0) is 48.4 Å². The van der Waals surface area contributed by atoms with E-state index in [0.29, 0.717) is 30.3 Å². The first-order valence-corrected chi connectivity index (χ1v) is 11.8. The smallest absolute Gasteiger partial charge is 0.243 e. The third-order valence-electron chi connectivity index (χ3n) is 5.42. The van der Waals surface area contributed by atoms with Gasteiger partial charge < -0.3 is 14.8 Å². The molecule has 1 fully saturated rings. The van der Waals surface area contributed by atoms with Crippen molar-refractivity contribution < 1.29 is 22.7 Å². The third kappa shape index (κ3) is 5.57. The van der Waals surface area contributed by atoms with Crippen molar-refractivity contribution in [3.63, 3.8) is 0 Å². The molecule has 3 rings (SSSR count). The van der Waals surface area contributed by atoms with Gasteiger partial charge in [-0.15, -0.1) is 0 Å². The van der Waals surface area contributed by atoms with E-state index >= 15 is 0 Å². The van der Waals surface area contributed by atoms with Crippen LogP contribution in [-0.4, -0.2) is 59.1 Å². The van der Waals surface area contributed by atoms with Crippen LogP contribution in [0.2, 0.25) is 5.02 Å². The first-order valence-electron chi connectivity index (χ1n) is 10.0. The van der Waals surface area contributed by atoms with Crippen molar-refractivity contribution in [2.75, 3.05) is 40.5 Å². The van der Waals surface area contributed by atoms with Gasteiger partial charge in [0.2, 0.25) is 15.9 Å². The molecule has 1 saturated heterocycles. The van der Waals surface area contributed by atoms with E-state index in [0.717, 1.165) is 5.56 Å². The molecule has 1 amide bonds. The van der Waals surface area contributed by atoms with Crippen molar-refractivity contribution in [2.24, 2.45) is 5.92 Å². The van der Waals surface area contributed by atoms with Gasteiger partial charge in [-0.25, -0.2) is 8.42 Å². The van der Waals surface area contributed by atoms with Gasteiger partial charge >= 0.3 is 0 Å². The number of sulfonamides is 1. The Morgan fingerprint density at radius 1 is 1.16 bits per heavy atom. The van der Waals surface area contributed by atoms with Gasteiger partial charge in [-0.1, -0.05) is 23.7 Å². The van der Waals surface area contributed by atoms with Crippen molar-refractivity contribution in [3.8, 4) is 5.75 Å². The van der Waals surface area contributed by atoms with E-state index in [1.54, 1.807) is 26.4 Å². The molecule has 0 bridgehead atoms. The highest BCUT2D eigenvalue weighted by Gasteiger charge is 2.43. The second-order valence-corrected chi connectivity index (χ2v) is 9.78. The number of rotatable bonds is 9. The van der Waals surface area contributed by atoms with Crippen LogP contribution in [0.1, 0.15) is 17.9 Å². The molecular weight excluding hydrogens is 440 g/mol. The van der Waals surface area contributed by atoms with E-state index in [1.165, 1.54) is 16.4 Å². The second kappa shape index (κ2) is 10.5. The fourth-order valence-electron chi connectivity index (χ4n) is 3.75. The van der Waals surface area contributed by atoms with Gasteiger partial charge in [0.25, 0.3) is 0 Å². The summed E-state index contributed by atoms with van der Waals surface area (Å²) in [5, 5.41) is 3.38. The van der Waals surface area contributed by atoms with Crippen molar-refractivity contribution in [1.29, 1.82) is 0 Å². The number of nitrogens with one attached hydrogen (secondary N) is 1. The summed E-state index contributed by atoms with van der Waals surface area (Å²) in [6, 6.07) is 13.5. The molecule has 31 heavy (non-hydrogen) atoms. The molecular formula is C22H27ClN2O5S. The molecule has 1 aliphatic rings. The monoisotopic (exact) mass is 466 g/mol. The number of methoxy groups -OCH3 is 2. The maximum absolute atomic E-state index is 13.2. The Hall–Kier alpha value is -2.13. The van der Waals surface area contributed by atoms with Crippen molar-refractivity contribution in [1.82, 2.24) is 9.62 Å². The molecule has 7 nitrogen and oxygen atoms in total. The maximum Gasteiger partial charge on any atom is 0.243 e. The normalized spacial score (nSPS) is 19.3. The lowest BCUT2D eigenvalue weighted by Crippen LogP contribution is -2.36. The van der Waals surface area contributed by atoms with Gasteiger partial charge in [0.05, 0.1) is 17.9 Å². The van der Waals surface area contributed by atoms with E-state index in [-0.39, 0.29) is 29.8 Å². The molecule has 1 N–H and O–H groups in total. The predicted octanol–water partition coefficient (Wildman–Crippen LogP) is 2.91. The topological polar surface area (TPSA) is 84.9 Å². The molecule has 0 aliphatic carbocycles. The summed E-state index contributed by atoms with van der Waals surface area (Å²) in [7, 11) is -0.581. The summed E-state index contributed by atoms with van der Waals surface area (Å²) < 4.78 is 38.2. The third-order valence-corrected chi connectivity index (χ3v) is 7.52. The van der Waals surface area contributed by atoms with Crippen LogP contribution in [0.5, 0.6) is 5.75 Å². The van der Waals surface area contributed by atoms with E-state index < -0.39 is 15.9 Å². The van der Waals surface area contributed by atoms with Crippen LogP contribution < -0.4 is 10.1 Å². The molecule has 1 aliphatic heterocycles. The minimum atomic E-state index is -3.76. The molecule has 0 aromatic heterocycles. The highest BCUT2D eigenvalue weighted by Crippen LogP contribution is 2.37. The highest BCUT2D eigenvalue weighted by molar-refractivity contribution is 7.89. The molecule has 0 spiro atoms. The summed E-state index contributed by atoms with van der Waals surface area (Å²) in [6.45, 7) is 1.32. The zero-order valence-corrected chi connectivity index (χ0v) is 19.2. The van der Waals surface area contributed by atoms with E-state index in [4.69, 9.17) is 21.1 Å². The van der Waals surface area contributed by atoms with Crippen LogP contribution in [0.3, 0.4) is 0 Å². The number of hydrogen-bond donors (Lipinski definition) is 1. The lowest BCUT2D eigenvalue weighted by molar-refractivity contribution is -0.124. The number of halogens is 1. The molecule has 9 heteroatoms. The minimum absolute atomic E-state index is 0.100. The number of benzene rings is 2. The van der Waals surface area contributed by atoms with Gasteiger partial charge in [0, 0.05) is 44.3 Å². The number of amides is 1. The average molecular weight is 467 g/mol. The Morgan fingerprint density at radius 3 is 2.58 bits per heavy atom. The maximum atomic E-state index is 13.2. The zero-order chi connectivity index (χ0) is 22.4. The average Bonchev–Trinajstić information content (AvgIpc) is 3.23. The Labute approximate surface area is 188 Å². The largest absolute Gasteiger partial charge is 0.497 e. The van der Waals surface area contributed by atoms with Crippen LogP contribution in [0.4, 0.5) is 0 Å². The fourth-order valence-corrected chi connectivity index (χ4v) is 5.37. The Balaban J connectivity index is 1.87. The van der Waals surface area contributed by atoms with Gasteiger partial charge in [-0.3, -0.25) is 4.79 Å². The fraction of sp³-hybridized carbons (Fsp3) is 0.409. The Morgan fingerprint density at radius 2 is 1.90 bits per heavy atom. The first-order chi connectivity index (χ1) is 14.9. The number of hydrogen-bond acceptors (Lipinski definition) is 5. The van der Waals surface area contributed by atoms with E-state index in [1.807, 2.05) is 24.3 Å². The SMILES string of the molecule is COCCCNC(=O)C1CN(S(=O)(=O)c2ccc(Cl)cc2)CC1c1cccc(OC)c1. The van der Waals surface area contributed by atoms with Crippen molar-refractivity contribution >= 4 is 27.5 Å². The zero-order valence-electron chi connectivity index (χ0n) is 17.6. The number of ether oxygens (including phenoxy) is 2. The summed E-state index contributed by atoms with van der Waals surface area (Å²) in [6.07, 6.45) is 0.686. The van der Waals surface area contributed by atoms with Crippen molar-refractivity contribution in [3.05, 3.63) is 59.1 Å². The van der Waals surface area contributed by atoms with Crippen LogP contribution >= 0.6 is 11.6 Å². The van der Waals surface area contributed by atoms with Crippen molar-refractivity contribution in [2.45, 2.75) is 17.2 Å². The summed E-state index contributed by atoms with van der Waals surface area (Å²) in [5.74, 6) is -0.315. The molecule has 168 valence electrons. The predicted molar refractivity (Wildman–Crippen MR) is 119 cm³/mol.